The first-order chi connectivity index (χ1) is 10.5. The Labute approximate surface area is 126 Å². The summed E-state index contributed by atoms with van der Waals surface area (Å²) in [6.45, 7) is 1.75. The van der Waals surface area contributed by atoms with Gasteiger partial charge in [-0.15, -0.1) is 0 Å². The van der Waals surface area contributed by atoms with Crippen LogP contribution in [0.3, 0.4) is 0 Å². The molecule has 0 bridgehead atoms. The van der Waals surface area contributed by atoms with E-state index in [1.54, 1.807) is 31.2 Å². The smallest absolute Gasteiger partial charge is 0.271 e. The molecule has 0 radical (unpaired) electrons. The summed E-state index contributed by atoms with van der Waals surface area (Å²) in [6, 6.07) is 10.5. The number of hydrogen-bond acceptors (Lipinski definition) is 3. The Hall–Kier alpha value is -2.76. The van der Waals surface area contributed by atoms with Crippen LogP contribution in [0.1, 0.15) is 17.5 Å². The van der Waals surface area contributed by atoms with Crippen molar-refractivity contribution < 1.29 is 14.1 Å². The summed E-state index contributed by atoms with van der Waals surface area (Å²) >= 11 is 0. The lowest BCUT2D eigenvalue weighted by Crippen LogP contribution is -2.13. The number of nitrogens with zero attached hydrogens (tertiary/aromatic N) is 1. The number of amides is 1. The maximum Gasteiger partial charge on any atom is 0.271 e. The summed E-state index contributed by atoms with van der Waals surface area (Å²) in [4.78, 5) is 22.2. The van der Waals surface area contributed by atoms with Crippen molar-refractivity contribution in [3.63, 3.8) is 0 Å². The third-order valence-corrected chi connectivity index (χ3v) is 3.29. The minimum absolute atomic E-state index is 0.0880. The van der Waals surface area contributed by atoms with Crippen LogP contribution < -0.4 is 5.32 Å². The van der Waals surface area contributed by atoms with Gasteiger partial charge in [-0.25, -0.2) is 4.39 Å². The second-order valence-electron chi connectivity index (χ2n) is 4.90. The van der Waals surface area contributed by atoms with Gasteiger partial charge in [-0.05, 0) is 30.5 Å². The van der Waals surface area contributed by atoms with Gasteiger partial charge in [-0.2, -0.15) is 0 Å². The number of hydrogen-bond donors (Lipinski definition) is 1. The number of nitro groups is 1. The van der Waals surface area contributed by atoms with Gasteiger partial charge in [-0.1, -0.05) is 24.3 Å². The van der Waals surface area contributed by atoms with Crippen molar-refractivity contribution in [2.45, 2.75) is 19.8 Å². The van der Waals surface area contributed by atoms with E-state index in [1.165, 1.54) is 18.2 Å². The number of aryl methyl sites for hydroxylation is 2. The SMILES string of the molecule is Cc1ccc([N+](=O)[O-])cc1NC(=O)CCc1ccccc1F. The Kier molecular flexibility index (Phi) is 4.83. The molecule has 0 saturated carbocycles. The lowest BCUT2D eigenvalue weighted by Gasteiger charge is -2.08. The molecule has 0 spiro atoms. The zero-order valence-corrected chi connectivity index (χ0v) is 12.0. The molecule has 0 aliphatic rings. The first kappa shape index (κ1) is 15.6. The molecule has 2 aromatic carbocycles. The van der Waals surface area contributed by atoms with E-state index in [2.05, 4.69) is 5.32 Å². The molecule has 0 saturated heterocycles. The molecule has 2 aromatic rings. The van der Waals surface area contributed by atoms with Crippen molar-refractivity contribution in [3.8, 4) is 0 Å². The molecule has 0 aliphatic carbocycles. The Bertz CT molecular complexity index is 716. The van der Waals surface area contributed by atoms with Crippen LogP contribution in [0.15, 0.2) is 42.5 Å². The molecule has 1 amide bonds. The molecule has 0 aliphatic heterocycles. The maximum absolute atomic E-state index is 13.5. The van der Waals surface area contributed by atoms with Crippen molar-refractivity contribution in [1.29, 1.82) is 0 Å². The van der Waals surface area contributed by atoms with Gasteiger partial charge in [-0.3, -0.25) is 14.9 Å². The van der Waals surface area contributed by atoms with Gasteiger partial charge in [0.1, 0.15) is 5.82 Å². The largest absolute Gasteiger partial charge is 0.326 e. The minimum Gasteiger partial charge on any atom is -0.326 e. The van der Waals surface area contributed by atoms with Gasteiger partial charge in [0.25, 0.3) is 5.69 Å². The van der Waals surface area contributed by atoms with E-state index in [1.807, 2.05) is 0 Å². The summed E-state index contributed by atoms with van der Waals surface area (Å²) < 4.78 is 13.5. The van der Waals surface area contributed by atoms with Crippen molar-refractivity contribution in [3.05, 3.63) is 69.5 Å². The highest BCUT2D eigenvalue weighted by Gasteiger charge is 2.11. The van der Waals surface area contributed by atoms with Gasteiger partial charge < -0.3 is 5.32 Å². The van der Waals surface area contributed by atoms with Crippen LogP contribution in [-0.4, -0.2) is 10.8 Å². The van der Waals surface area contributed by atoms with Crippen molar-refractivity contribution in [2.75, 3.05) is 5.32 Å². The van der Waals surface area contributed by atoms with Crippen LogP contribution in [0.4, 0.5) is 15.8 Å². The zero-order valence-electron chi connectivity index (χ0n) is 12.0. The molecule has 1 N–H and O–H groups in total. The fourth-order valence-corrected chi connectivity index (χ4v) is 2.02. The molecule has 2 rings (SSSR count). The Morgan fingerprint density at radius 2 is 2.00 bits per heavy atom. The first-order valence-electron chi connectivity index (χ1n) is 6.75. The maximum atomic E-state index is 13.5. The highest BCUT2D eigenvalue weighted by Crippen LogP contribution is 2.22. The summed E-state index contributed by atoms with van der Waals surface area (Å²) in [6.07, 6.45) is 0.371. The molecule has 0 aromatic heterocycles. The van der Waals surface area contributed by atoms with Crippen LogP contribution in [0.2, 0.25) is 0 Å². The van der Waals surface area contributed by atoms with Crippen molar-refractivity contribution in [2.24, 2.45) is 0 Å². The number of rotatable bonds is 5. The molecular weight excluding hydrogens is 287 g/mol. The van der Waals surface area contributed by atoms with Crippen LogP contribution in [0.25, 0.3) is 0 Å². The van der Waals surface area contributed by atoms with Gasteiger partial charge in [0.05, 0.1) is 10.6 Å². The number of halogens is 1. The van der Waals surface area contributed by atoms with E-state index in [9.17, 15) is 19.3 Å². The number of carbonyl (C=O) groups excluding carboxylic acids is 1. The Morgan fingerprint density at radius 1 is 1.27 bits per heavy atom. The average Bonchev–Trinajstić information content (AvgIpc) is 2.48. The molecule has 0 fully saturated rings. The lowest BCUT2D eigenvalue weighted by atomic mass is 10.1. The minimum atomic E-state index is -0.519. The molecule has 22 heavy (non-hydrogen) atoms. The predicted octanol–water partition coefficient (Wildman–Crippen LogP) is 3.61. The molecule has 114 valence electrons. The van der Waals surface area contributed by atoms with E-state index in [0.717, 1.165) is 5.56 Å². The van der Waals surface area contributed by atoms with Gasteiger partial charge >= 0.3 is 0 Å². The van der Waals surface area contributed by atoms with Crippen molar-refractivity contribution >= 4 is 17.3 Å². The highest BCUT2D eigenvalue weighted by molar-refractivity contribution is 5.92. The summed E-state index contributed by atoms with van der Waals surface area (Å²) in [5, 5.41) is 13.4. The number of anilines is 1. The molecule has 0 atom stereocenters. The second-order valence-corrected chi connectivity index (χ2v) is 4.90. The monoisotopic (exact) mass is 302 g/mol. The number of nitrogens with one attached hydrogen (secondary N) is 1. The van der Waals surface area contributed by atoms with Gasteiger partial charge in [0.2, 0.25) is 5.91 Å². The molecule has 6 heteroatoms. The molecule has 0 unspecified atom stereocenters. The third-order valence-electron chi connectivity index (χ3n) is 3.29. The standard InChI is InChI=1S/C16H15FN2O3/c1-11-6-8-13(19(21)22)10-15(11)18-16(20)9-7-12-4-2-3-5-14(12)17/h2-6,8,10H,7,9H2,1H3,(H,18,20). The number of nitro benzene ring substituents is 1. The van der Waals surface area contributed by atoms with E-state index in [-0.39, 0.29) is 30.3 Å². The lowest BCUT2D eigenvalue weighted by molar-refractivity contribution is -0.384. The van der Waals surface area contributed by atoms with Gasteiger partial charge in [0.15, 0.2) is 0 Å². The Balaban J connectivity index is 2.02. The first-order valence-corrected chi connectivity index (χ1v) is 6.75. The summed E-state index contributed by atoms with van der Waals surface area (Å²) in [7, 11) is 0. The third kappa shape index (κ3) is 3.88. The van der Waals surface area contributed by atoms with E-state index >= 15 is 0 Å². The fraction of sp³-hybridized carbons (Fsp3) is 0.188. The predicted molar refractivity (Wildman–Crippen MR) is 81.2 cm³/mol. The zero-order chi connectivity index (χ0) is 16.1. The normalized spacial score (nSPS) is 10.3. The number of non-ortho nitro benzene ring substituents is 1. The van der Waals surface area contributed by atoms with Crippen LogP contribution in [0, 0.1) is 22.9 Å². The molecule has 5 nitrogen and oxygen atoms in total. The van der Waals surface area contributed by atoms with E-state index in [0.29, 0.717) is 11.3 Å². The van der Waals surface area contributed by atoms with Crippen molar-refractivity contribution in [1.82, 2.24) is 0 Å². The van der Waals surface area contributed by atoms with E-state index < -0.39 is 4.92 Å². The Morgan fingerprint density at radius 3 is 2.68 bits per heavy atom. The van der Waals surface area contributed by atoms with Crippen LogP contribution in [-0.2, 0) is 11.2 Å². The average molecular weight is 302 g/mol. The topological polar surface area (TPSA) is 72.2 Å². The number of benzene rings is 2. The second kappa shape index (κ2) is 6.80. The van der Waals surface area contributed by atoms with E-state index in [4.69, 9.17) is 0 Å². The highest BCUT2D eigenvalue weighted by atomic mass is 19.1. The fourth-order valence-electron chi connectivity index (χ4n) is 2.02. The number of carbonyl (C=O) groups is 1. The van der Waals surface area contributed by atoms with Crippen LogP contribution >= 0.6 is 0 Å². The summed E-state index contributed by atoms with van der Waals surface area (Å²) in [5.74, 6) is -0.659. The quantitative estimate of drug-likeness (QED) is 0.677. The summed E-state index contributed by atoms with van der Waals surface area (Å²) in [5.41, 5.74) is 1.50. The molecular formula is C16H15FN2O3. The van der Waals surface area contributed by atoms with Crippen LogP contribution in [0.5, 0.6) is 0 Å². The molecule has 0 heterocycles. The van der Waals surface area contributed by atoms with Gasteiger partial charge in [0, 0.05) is 18.6 Å².